The summed E-state index contributed by atoms with van der Waals surface area (Å²) in [4.78, 5) is 2.30. The summed E-state index contributed by atoms with van der Waals surface area (Å²) in [5.74, 6) is 0.818. The molecule has 1 heterocycles. The summed E-state index contributed by atoms with van der Waals surface area (Å²) in [7, 11) is 2.02. The van der Waals surface area contributed by atoms with Crippen LogP contribution >= 0.6 is 0 Å². The van der Waals surface area contributed by atoms with E-state index in [2.05, 4.69) is 73.6 Å². The lowest BCUT2D eigenvalue weighted by Crippen LogP contribution is -2.46. The molecule has 28 heavy (non-hydrogen) atoms. The SMILES string of the molecule is Cc1ccc(CN(CC(O)COc2cccc3c2ccn3C)C(C)(C)C)cc1. The van der Waals surface area contributed by atoms with E-state index in [0.29, 0.717) is 6.54 Å². The summed E-state index contributed by atoms with van der Waals surface area (Å²) in [5.41, 5.74) is 3.59. The third-order valence-corrected chi connectivity index (χ3v) is 5.19. The Bertz CT molecular complexity index is 906. The molecule has 3 rings (SSSR count). The molecule has 0 amide bonds. The molecule has 0 aliphatic heterocycles. The maximum absolute atomic E-state index is 10.7. The Labute approximate surface area is 168 Å². The average molecular weight is 381 g/mol. The molecule has 1 unspecified atom stereocenters. The lowest BCUT2D eigenvalue weighted by atomic mass is 10.0. The molecule has 4 nitrogen and oxygen atoms in total. The minimum absolute atomic E-state index is 0.0503. The van der Waals surface area contributed by atoms with Gasteiger partial charge in [-0.1, -0.05) is 35.9 Å². The highest BCUT2D eigenvalue weighted by atomic mass is 16.5. The van der Waals surface area contributed by atoms with Gasteiger partial charge >= 0.3 is 0 Å². The number of rotatable bonds is 7. The van der Waals surface area contributed by atoms with E-state index in [1.807, 2.05) is 25.4 Å². The molecule has 1 atom stereocenters. The van der Waals surface area contributed by atoms with Crippen molar-refractivity contribution in [3.05, 3.63) is 65.9 Å². The van der Waals surface area contributed by atoms with Crippen LogP contribution in [0.2, 0.25) is 0 Å². The Balaban J connectivity index is 1.64. The summed E-state index contributed by atoms with van der Waals surface area (Å²) in [6.07, 6.45) is 1.46. The third-order valence-electron chi connectivity index (χ3n) is 5.19. The van der Waals surface area contributed by atoms with Gasteiger partial charge in [-0.05, 0) is 51.5 Å². The molecule has 0 spiro atoms. The van der Waals surface area contributed by atoms with Crippen LogP contribution in [0.25, 0.3) is 10.9 Å². The Kier molecular flexibility index (Phi) is 6.11. The fourth-order valence-corrected chi connectivity index (χ4v) is 3.38. The molecule has 1 aromatic heterocycles. The summed E-state index contributed by atoms with van der Waals surface area (Å²) in [6, 6.07) is 16.7. The minimum atomic E-state index is -0.566. The first-order valence-corrected chi connectivity index (χ1v) is 9.89. The molecule has 0 bridgehead atoms. The molecule has 0 aliphatic carbocycles. The van der Waals surface area contributed by atoms with Crippen molar-refractivity contribution in [2.24, 2.45) is 7.05 Å². The zero-order valence-corrected chi connectivity index (χ0v) is 17.6. The Morgan fingerprint density at radius 3 is 2.46 bits per heavy atom. The lowest BCUT2D eigenvalue weighted by molar-refractivity contribution is 0.0288. The van der Waals surface area contributed by atoms with Crippen molar-refractivity contribution in [1.29, 1.82) is 0 Å². The van der Waals surface area contributed by atoms with Gasteiger partial charge in [0.2, 0.25) is 0 Å². The molecule has 0 fully saturated rings. The average Bonchev–Trinajstić information content (AvgIpc) is 3.02. The van der Waals surface area contributed by atoms with Gasteiger partial charge in [-0.25, -0.2) is 0 Å². The van der Waals surface area contributed by atoms with Gasteiger partial charge in [0, 0.05) is 37.3 Å². The van der Waals surface area contributed by atoms with Gasteiger partial charge in [-0.3, -0.25) is 4.90 Å². The van der Waals surface area contributed by atoms with Crippen LogP contribution in [-0.4, -0.2) is 39.4 Å². The van der Waals surface area contributed by atoms with E-state index in [1.54, 1.807) is 0 Å². The fraction of sp³-hybridized carbons (Fsp3) is 0.417. The van der Waals surface area contributed by atoms with Crippen molar-refractivity contribution in [3.8, 4) is 5.75 Å². The first kappa shape index (κ1) is 20.4. The number of hydrogen-bond donors (Lipinski definition) is 1. The van der Waals surface area contributed by atoms with Crippen molar-refractivity contribution in [3.63, 3.8) is 0 Å². The number of fused-ring (bicyclic) bond motifs is 1. The molecule has 0 saturated carbocycles. The van der Waals surface area contributed by atoms with E-state index in [-0.39, 0.29) is 12.1 Å². The number of ether oxygens (including phenoxy) is 1. The number of aliphatic hydroxyl groups is 1. The van der Waals surface area contributed by atoms with Crippen molar-refractivity contribution in [1.82, 2.24) is 9.47 Å². The number of aryl methyl sites for hydroxylation is 2. The van der Waals surface area contributed by atoms with Crippen LogP contribution in [0.3, 0.4) is 0 Å². The lowest BCUT2D eigenvalue weighted by Gasteiger charge is -2.37. The van der Waals surface area contributed by atoms with Crippen LogP contribution in [-0.2, 0) is 13.6 Å². The van der Waals surface area contributed by atoms with Crippen LogP contribution in [0.5, 0.6) is 5.75 Å². The molecule has 4 heteroatoms. The van der Waals surface area contributed by atoms with Crippen LogP contribution in [0.15, 0.2) is 54.7 Å². The zero-order chi connectivity index (χ0) is 20.3. The van der Waals surface area contributed by atoms with Gasteiger partial charge in [0.05, 0.1) is 5.52 Å². The van der Waals surface area contributed by atoms with Crippen molar-refractivity contribution in [2.45, 2.75) is 45.9 Å². The van der Waals surface area contributed by atoms with E-state index in [1.165, 1.54) is 11.1 Å². The molecule has 3 aromatic rings. The quantitative estimate of drug-likeness (QED) is 0.654. The fourth-order valence-electron chi connectivity index (χ4n) is 3.38. The first-order valence-electron chi connectivity index (χ1n) is 9.89. The largest absolute Gasteiger partial charge is 0.490 e. The maximum Gasteiger partial charge on any atom is 0.128 e. The van der Waals surface area contributed by atoms with E-state index in [9.17, 15) is 5.11 Å². The number of aromatic nitrogens is 1. The molecule has 0 aliphatic rings. The molecule has 0 radical (unpaired) electrons. The first-order chi connectivity index (χ1) is 13.2. The van der Waals surface area contributed by atoms with Crippen LogP contribution in [0.1, 0.15) is 31.9 Å². The summed E-state index contributed by atoms with van der Waals surface area (Å²) >= 11 is 0. The second-order valence-corrected chi connectivity index (χ2v) is 8.62. The van der Waals surface area contributed by atoms with E-state index < -0.39 is 6.10 Å². The Morgan fingerprint density at radius 1 is 1.07 bits per heavy atom. The highest BCUT2D eigenvalue weighted by Gasteiger charge is 2.24. The van der Waals surface area contributed by atoms with Gasteiger partial charge in [-0.2, -0.15) is 0 Å². The third kappa shape index (κ3) is 4.94. The van der Waals surface area contributed by atoms with E-state index in [0.717, 1.165) is 23.2 Å². The van der Waals surface area contributed by atoms with Crippen molar-refractivity contribution in [2.75, 3.05) is 13.2 Å². The number of β-amino-alcohol motifs (C(OH)–C–C–N with tert-alkyl or cyclic N) is 1. The van der Waals surface area contributed by atoms with Crippen LogP contribution < -0.4 is 4.74 Å². The minimum Gasteiger partial charge on any atom is -0.490 e. The second kappa shape index (κ2) is 8.38. The van der Waals surface area contributed by atoms with Gasteiger partial charge < -0.3 is 14.4 Å². The van der Waals surface area contributed by atoms with E-state index in [4.69, 9.17) is 4.74 Å². The highest BCUT2D eigenvalue weighted by molar-refractivity contribution is 5.86. The smallest absolute Gasteiger partial charge is 0.128 e. The standard InChI is InChI=1S/C24H32N2O2/c1-18-9-11-19(12-10-18)15-26(24(2,3)4)16-20(27)17-28-23-8-6-7-22-21(23)13-14-25(22)5/h6-14,20,27H,15-17H2,1-5H3. The Morgan fingerprint density at radius 2 is 1.79 bits per heavy atom. The predicted molar refractivity (Wildman–Crippen MR) is 116 cm³/mol. The summed E-state index contributed by atoms with van der Waals surface area (Å²) < 4.78 is 8.05. The molecular weight excluding hydrogens is 348 g/mol. The number of aliphatic hydroxyl groups excluding tert-OH is 1. The van der Waals surface area contributed by atoms with Gasteiger partial charge in [0.15, 0.2) is 0 Å². The monoisotopic (exact) mass is 380 g/mol. The number of hydrogen-bond acceptors (Lipinski definition) is 3. The zero-order valence-electron chi connectivity index (χ0n) is 17.6. The molecule has 2 aromatic carbocycles. The topological polar surface area (TPSA) is 37.6 Å². The molecule has 150 valence electrons. The van der Waals surface area contributed by atoms with Crippen LogP contribution in [0.4, 0.5) is 0 Å². The molecular formula is C24H32N2O2. The molecule has 1 N–H and O–H groups in total. The second-order valence-electron chi connectivity index (χ2n) is 8.62. The van der Waals surface area contributed by atoms with E-state index >= 15 is 0 Å². The van der Waals surface area contributed by atoms with Gasteiger partial charge in [-0.15, -0.1) is 0 Å². The number of nitrogens with zero attached hydrogens (tertiary/aromatic N) is 2. The van der Waals surface area contributed by atoms with Gasteiger partial charge in [0.1, 0.15) is 18.5 Å². The predicted octanol–water partition coefficient (Wildman–Crippen LogP) is 4.53. The molecule has 0 saturated heterocycles. The normalized spacial score (nSPS) is 13.2. The van der Waals surface area contributed by atoms with Crippen LogP contribution in [0, 0.1) is 6.92 Å². The summed E-state index contributed by atoms with van der Waals surface area (Å²) in [6.45, 7) is 10.3. The van der Waals surface area contributed by atoms with Crippen molar-refractivity contribution < 1.29 is 9.84 Å². The highest BCUT2D eigenvalue weighted by Crippen LogP contribution is 2.26. The summed E-state index contributed by atoms with van der Waals surface area (Å²) in [5, 5.41) is 11.7. The maximum atomic E-state index is 10.7. The van der Waals surface area contributed by atoms with Crippen molar-refractivity contribution >= 4 is 10.9 Å². The number of benzene rings is 2. The Hall–Kier alpha value is -2.30. The van der Waals surface area contributed by atoms with Gasteiger partial charge in [0.25, 0.3) is 0 Å².